The molecule has 1 aromatic carbocycles. The van der Waals surface area contributed by atoms with Crippen molar-refractivity contribution >= 4 is 5.91 Å². The zero-order valence-corrected chi connectivity index (χ0v) is 14.1. The number of aromatic nitrogens is 3. The fourth-order valence-electron chi connectivity index (χ4n) is 2.20. The summed E-state index contributed by atoms with van der Waals surface area (Å²) in [5, 5.41) is 14.4. The minimum atomic E-state index is -0.326. The number of rotatable bonds is 7. The van der Waals surface area contributed by atoms with Gasteiger partial charge in [0.05, 0.1) is 5.56 Å². The van der Waals surface area contributed by atoms with Gasteiger partial charge in [-0.1, -0.05) is 12.1 Å². The molecule has 3 aromatic rings. The molecule has 0 bridgehead atoms. The monoisotopic (exact) mass is 356 g/mol. The van der Waals surface area contributed by atoms with Crippen LogP contribution in [0.3, 0.4) is 0 Å². The van der Waals surface area contributed by atoms with Gasteiger partial charge in [0.15, 0.2) is 5.69 Å². The lowest BCUT2D eigenvalue weighted by atomic mass is 10.1. The maximum Gasteiger partial charge on any atom is 0.271 e. The lowest BCUT2D eigenvalue weighted by Crippen LogP contribution is -2.25. The number of hydrogen-bond acceptors (Lipinski definition) is 6. The smallest absolute Gasteiger partial charge is 0.271 e. The van der Waals surface area contributed by atoms with Gasteiger partial charge < -0.3 is 14.6 Å². The van der Waals surface area contributed by atoms with E-state index < -0.39 is 0 Å². The normalized spacial score (nSPS) is 10.5. The Morgan fingerprint density at radius 2 is 2.00 bits per heavy atom. The first kappa shape index (κ1) is 17.5. The van der Waals surface area contributed by atoms with Gasteiger partial charge in [-0.3, -0.25) is 4.79 Å². The second kappa shape index (κ2) is 8.19. The summed E-state index contributed by atoms with van der Waals surface area (Å²) in [4.78, 5) is 11.8. The van der Waals surface area contributed by atoms with Crippen LogP contribution in [-0.2, 0) is 6.61 Å². The molecule has 134 valence electrons. The third-order valence-corrected chi connectivity index (χ3v) is 3.54. The molecule has 0 fully saturated rings. The summed E-state index contributed by atoms with van der Waals surface area (Å²) in [5.41, 5.74) is 2.19. The zero-order valence-electron chi connectivity index (χ0n) is 14.1. The lowest BCUT2D eigenvalue weighted by Gasteiger charge is -2.06. The Morgan fingerprint density at radius 3 is 2.69 bits per heavy atom. The summed E-state index contributed by atoms with van der Waals surface area (Å²) >= 11 is 0. The van der Waals surface area contributed by atoms with E-state index in [1.165, 1.54) is 18.4 Å². The Morgan fingerprint density at radius 1 is 1.19 bits per heavy atom. The highest BCUT2D eigenvalue weighted by Gasteiger charge is 2.12. The number of amides is 1. The largest absolute Gasteiger partial charge is 0.472 e. The highest BCUT2D eigenvalue weighted by molar-refractivity contribution is 5.92. The van der Waals surface area contributed by atoms with Crippen LogP contribution < -0.4 is 10.1 Å². The molecule has 7 nitrogen and oxygen atoms in total. The number of hydrogen-bond donors (Lipinski definition) is 1. The third kappa shape index (κ3) is 4.21. The van der Waals surface area contributed by atoms with E-state index in [1.54, 1.807) is 24.3 Å². The highest BCUT2D eigenvalue weighted by Crippen LogP contribution is 2.23. The van der Waals surface area contributed by atoms with E-state index in [9.17, 15) is 9.18 Å². The van der Waals surface area contributed by atoms with Crippen molar-refractivity contribution in [1.82, 2.24) is 20.7 Å². The maximum absolute atomic E-state index is 13.0. The quantitative estimate of drug-likeness (QED) is 0.700. The maximum atomic E-state index is 13.0. The molecule has 8 heteroatoms. The number of ether oxygens (including phenoxy) is 1. The first-order valence-corrected chi connectivity index (χ1v) is 8.11. The molecule has 2 heterocycles. The third-order valence-electron chi connectivity index (χ3n) is 3.54. The molecule has 0 atom stereocenters. The molecule has 0 saturated carbocycles. The summed E-state index contributed by atoms with van der Waals surface area (Å²) in [6.07, 6.45) is 2.30. The zero-order chi connectivity index (χ0) is 18.4. The van der Waals surface area contributed by atoms with E-state index in [2.05, 4.69) is 20.7 Å². The molecule has 0 aliphatic heterocycles. The topological polar surface area (TPSA) is 90.1 Å². The van der Waals surface area contributed by atoms with E-state index in [-0.39, 0.29) is 29.9 Å². The van der Waals surface area contributed by atoms with Crippen molar-refractivity contribution in [3.05, 3.63) is 59.7 Å². The van der Waals surface area contributed by atoms with E-state index in [0.717, 1.165) is 6.42 Å². The van der Waals surface area contributed by atoms with Crippen LogP contribution in [0.4, 0.5) is 4.39 Å². The summed E-state index contributed by atoms with van der Waals surface area (Å²) in [6, 6.07) is 9.03. The van der Waals surface area contributed by atoms with Gasteiger partial charge >= 0.3 is 0 Å². The second-order valence-electron chi connectivity index (χ2n) is 5.50. The molecule has 0 spiro atoms. The molecule has 0 aliphatic carbocycles. The van der Waals surface area contributed by atoms with Gasteiger partial charge in [0.1, 0.15) is 24.4 Å². The standard InChI is InChI=1S/C18H17FN4O3/c1-2-9-20-18(24)15-7-8-16(22-21-15)25-10-13-11-26-23-17(13)12-3-5-14(19)6-4-12/h3-8,11H,2,9-10H2,1H3,(H,20,24). The molecule has 2 aromatic heterocycles. The first-order valence-electron chi connectivity index (χ1n) is 8.11. The Balaban J connectivity index is 1.64. The molecule has 1 N–H and O–H groups in total. The van der Waals surface area contributed by atoms with Crippen LogP contribution in [0.2, 0.25) is 0 Å². The van der Waals surface area contributed by atoms with Crippen molar-refractivity contribution in [2.45, 2.75) is 20.0 Å². The number of carbonyl (C=O) groups excluding carboxylic acids is 1. The molecule has 0 unspecified atom stereocenters. The van der Waals surface area contributed by atoms with Crippen molar-refractivity contribution in [2.75, 3.05) is 6.54 Å². The minimum absolute atomic E-state index is 0.145. The molecule has 26 heavy (non-hydrogen) atoms. The number of nitrogens with zero attached hydrogens (tertiary/aromatic N) is 3. The molecule has 1 amide bonds. The Bertz CT molecular complexity index is 863. The van der Waals surface area contributed by atoms with E-state index >= 15 is 0 Å². The van der Waals surface area contributed by atoms with Gasteiger partial charge in [-0.05, 0) is 36.8 Å². The second-order valence-corrected chi connectivity index (χ2v) is 5.50. The average molecular weight is 356 g/mol. The van der Waals surface area contributed by atoms with Crippen LogP contribution in [0.1, 0.15) is 29.4 Å². The molecule has 3 rings (SSSR count). The van der Waals surface area contributed by atoms with Gasteiger partial charge in [0, 0.05) is 18.2 Å². The predicted octanol–water partition coefficient (Wildman–Crippen LogP) is 2.99. The van der Waals surface area contributed by atoms with E-state index in [0.29, 0.717) is 23.4 Å². The molecule has 0 radical (unpaired) electrons. The van der Waals surface area contributed by atoms with Gasteiger partial charge in [-0.15, -0.1) is 10.2 Å². The summed E-state index contributed by atoms with van der Waals surface area (Å²) in [5.74, 6) is -0.333. The fourth-order valence-corrected chi connectivity index (χ4v) is 2.20. The van der Waals surface area contributed by atoms with Gasteiger partial charge in [0.2, 0.25) is 5.88 Å². The van der Waals surface area contributed by atoms with Crippen LogP contribution in [0.15, 0.2) is 47.2 Å². The van der Waals surface area contributed by atoms with Crippen LogP contribution in [0.5, 0.6) is 5.88 Å². The van der Waals surface area contributed by atoms with Crippen molar-refractivity contribution < 1.29 is 18.4 Å². The molecule has 0 aliphatic rings. The minimum Gasteiger partial charge on any atom is -0.472 e. The van der Waals surface area contributed by atoms with Crippen LogP contribution in [0, 0.1) is 5.82 Å². The molecule has 0 saturated heterocycles. The lowest BCUT2D eigenvalue weighted by molar-refractivity contribution is 0.0947. The fraction of sp³-hybridized carbons (Fsp3) is 0.222. The van der Waals surface area contributed by atoms with Crippen LogP contribution >= 0.6 is 0 Å². The van der Waals surface area contributed by atoms with E-state index in [1.807, 2.05) is 6.92 Å². The van der Waals surface area contributed by atoms with Gasteiger partial charge in [-0.2, -0.15) is 0 Å². The Kier molecular flexibility index (Phi) is 5.52. The molecular weight excluding hydrogens is 339 g/mol. The van der Waals surface area contributed by atoms with Crippen LogP contribution in [0.25, 0.3) is 11.3 Å². The Hall–Kier alpha value is -3.29. The summed E-state index contributed by atoms with van der Waals surface area (Å²) in [6.45, 7) is 2.69. The van der Waals surface area contributed by atoms with Crippen molar-refractivity contribution in [2.24, 2.45) is 0 Å². The number of benzene rings is 1. The average Bonchev–Trinajstić information content (AvgIpc) is 3.14. The SMILES string of the molecule is CCCNC(=O)c1ccc(OCc2conc2-c2ccc(F)cc2)nn1. The first-order chi connectivity index (χ1) is 12.7. The van der Waals surface area contributed by atoms with E-state index in [4.69, 9.17) is 9.26 Å². The van der Waals surface area contributed by atoms with Crippen molar-refractivity contribution in [1.29, 1.82) is 0 Å². The number of halogens is 1. The van der Waals surface area contributed by atoms with Crippen LogP contribution in [-0.4, -0.2) is 27.8 Å². The van der Waals surface area contributed by atoms with Gasteiger partial charge in [0.25, 0.3) is 5.91 Å². The summed E-state index contributed by atoms with van der Waals surface area (Å²) < 4.78 is 23.6. The van der Waals surface area contributed by atoms with Crippen molar-refractivity contribution in [3.8, 4) is 17.1 Å². The number of nitrogens with one attached hydrogen (secondary N) is 1. The van der Waals surface area contributed by atoms with Gasteiger partial charge in [-0.25, -0.2) is 4.39 Å². The number of carbonyl (C=O) groups is 1. The molecular formula is C18H17FN4O3. The van der Waals surface area contributed by atoms with Crippen molar-refractivity contribution in [3.63, 3.8) is 0 Å². The predicted molar refractivity (Wildman–Crippen MR) is 90.9 cm³/mol. The Labute approximate surface area is 149 Å². The summed E-state index contributed by atoms with van der Waals surface area (Å²) in [7, 11) is 0. The highest BCUT2D eigenvalue weighted by atomic mass is 19.1.